The van der Waals surface area contributed by atoms with Crippen LogP contribution in [0.3, 0.4) is 0 Å². The quantitative estimate of drug-likeness (QED) is 0.310. The molecule has 34 heavy (non-hydrogen) atoms. The van der Waals surface area contributed by atoms with Crippen LogP contribution in [0.15, 0.2) is 54.6 Å². The molecule has 1 aliphatic heterocycles. The summed E-state index contributed by atoms with van der Waals surface area (Å²) in [5.41, 5.74) is 2.75. The molecule has 0 aromatic heterocycles. The molecule has 0 aliphatic carbocycles. The lowest BCUT2D eigenvalue weighted by molar-refractivity contribution is -0.00211. The van der Waals surface area contributed by atoms with E-state index in [9.17, 15) is 8.78 Å². The summed E-state index contributed by atoms with van der Waals surface area (Å²) in [6.07, 6.45) is 7.11. The maximum atomic E-state index is 15.0. The fourth-order valence-electron chi connectivity index (χ4n) is 4.68. The number of hydrogen-bond donors (Lipinski definition) is 0. The van der Waals surface area contributed by atoms with Crippen LogP contribution >= 0.6 is 0 Å². The zero-order chi connectivity index (χ0) is 24.1. The van der Waals surface area contributed by atoms with E-state index in [4.69, 9.17) is 9.47 Å². The standard InChI is InChI=1S/C29H31F3O2/c1-3-4-5-6-23-13-11-22(18-34-23)21-12-14-24(26(30)17-21)19-7-9-20(10-8-19)25-15-16-27(33-2)29(32)28(25)31/h7-10,12,14-17,22-23H,3-6,11,13,18H2,1-2H3. The summed E-state index contributed by atoms with van der Waals surface area (Å²) in [6.45, 7) is 2.83. The van der Waals surface area contributed by atoms with E-state index in [1.54, 1.807) is 36.4 Å². The molecule has 0 amide bonds. The van der Waals surface area contributed by atoms with Crippen molar-refractivity contribution < 1.29 is 22.6 Å². The monoisotopic (exact) mass is 468 g/mol. The van der Waals surface area contributed by atoms with Gasteiger partial charge in [-0.3, -0.25) is 0 Å². The van der Waals surface area contributed by atoms with E-state index in [0.717, 1.165) is 24.8 Å². The molecule has 2 unspecified atom stereocenters. The predicted molar refractivity (Wildman–Crippen MR) is 130 cm³/mol. The zero-order valence-corrected chi connectivity index (χ0v) is 19.8. The maximum Gasteiger partial charge on any atom is 0.201 e. The first-order valence-corrected chi connectivity index (χ1v) is 12.1. The second-order valence-corrected chi connectivity index (χ2v) is 8.99. The third-order valence-electron chi connectivity index (χ3n) is 6.74. The SMILES string of the molecule is CCCCCC1CCC(c2ccc(-c3ccc(-c4ccc(OC)c(F)c4F)cc3)c(F)c2)CO1. The predicted octanol–water partition coefficient (Wildman–Crippen LogP) is 8.29. The Hall–Kier alpha value is -2.79. The van der Waals surface area contributed by atoms with Gasteiger partial charge in [0.1, 0.15) is 5.82 Å². The summed E-state index contributed by atoms with van der Waals surface area (Å²) in [5, 5.41) is 0. The molecule has 0 saturated carbocycles. The van der Waals surface area contributed by atoms with Gasteiger partial charge >= 0.3 is 0 Å². The van der Waals surface area contributed by atoms with Crippen LogP contribution in [-0.4, -0.2) is 19.8 Å². The van der Waals surface area contributed by atoms with Crippen LogP contribution < -0.4 is 4.74 Å². The van der Waals surface area contributed by atoms with E-state index >= 15 is 4.39 Å². The van der Waals surface area contributed by atoms with Crippen molar-refractivity contribution in [3.8, 4) is 28.0 Å². The van der Waals surface area contributed by atoms with E-state index < -0.39 is 11.6 Å². The Labute approximate surface area is 199 Å². The Morgan fingerprint density at radius 2 is 1.56 bits per heavy atom. The topological polar surface area (TPSA) is 18.5 Å². The summed E-state index contributed by atoms with van der Waals surface area (Å²) in [6, 6.07) is 15.0. The summed E-state index contributed by atoms with van der Waals surface area (Å²) in [4.78, 5) is 0. The molecule has 0 N–H and O–H groups in total. The average Bonchev–Trinajstić information content (AvgIpc) is 2.86. The number of benzene rings is 3. The Kier molecular flexibility index (Phi) is 7.94. The molecular weight excluding hydrogens is 437 g/mol. The largest absolute Gasteiger partial charge is 0.494 e. The first kappa shape index (κ1) is 24.3. The highest BCUT2D eigenvalue weighted by molar-refractivity contribution is 5.71. The zero-order valence-electron chi connectivity index (χ0n) is 19.8. The van der Waals surface area contributed by atoms with Crippen molar-refractivity contribution in [2.75, 3.05) is 13.7 Å². The summed E-state index contributed by atoms with van der Waals surface area (Å²) >= 11 is 0. The van der Waals surface area contributed by atoms with Crippen LogP contribution in [0.25, 0.3) is 22.3 Å². The van der Waals surface area contributed by atoms with Crippen LogP contribution in [-0.2, 0) is 4.74 Å². The van der Waals surface area contributed by atoms with Crippen molar-refractivity contribution in [1.29, 1.82) is 0 Å². The molecular formula is C29H31F3O2. The molecule has 180 valence electrons. The Morgan fingerprint density at radius 3 is 2.18 bits per heavy atom. The first-order chi connectivity index (χ1) is 16.5. The van der Waals surface area contributed by atoms with Crippen molar-refractivity contribution in [2.24, 2.45) is 0 Å². The fraction of sp³-hybridized carbons (Fsp3) is 0.379. The van der Waals surface area contributed by atoms with Gasteiger partial charge in [0.25, 0.3) is 0 Å². The Balaban J connectivity index is 1.45. The molecule has 2 atom stereocenters. The lowest BCUT2D eigenvalue weighted by Gasteiger charge is -2.29. The molecule has 1 saturated heterocycles. The molecule has 4 rings (SSSR count). The van der Waals surface area contributed by atoms with Crippen molar-refractivity contribution in [3.05, 3.63) is 77.6 Å². The lowest BCUT2D eigenvalue weighted by atomic mass is 9.89. The molecule has 1 aliphatic rings. The van der Waals surface area contributed by atoms with Crippen molar-refractivity contribution in [1.82, 2.24) is 0 Å². The van der Waals surface area contributed by atoms with Gasteiger partial charge in [0.2, 0.25) is 5.82 Å². The Bertz CT molecular complexity index is 1100. The van der Waals surface area contributed by atoms with Crippen LogP contribution in [0.5, 0.6) is 5.75 Å². The van der Waals surface area contributed by atoms with Crippen molar-refractivity contribution in [2.45, 2.75) is 57.5 Å². The molecule has 0 radical (unpaired) electrons. The molecule has 5 heteroatoms. The smallest absolute Gasteiger partial charge is 0.201 e. The van der Waals surface area contributed by atoms with E-state index in [1.807, 2.05) is 6.07 Å². The first-order valence-electron chi connectivity index (χ1n) is 12.1. The number of rotatable bonds is 8. The van der Waals surface area contributed by atoms with E-state index in [0.29, 0.717) is 29.4 Å². The van der Waals surface area contributed by atoms with Crippen LogP contribution in [0.4, 0.5) is 13.2 Å². The highest BCUT2D eigenvalue weighted by Crippen LogP contribution is 2.34. The van der Waals surface area contributed by atoms with Gasteiger partial charge in [0.15, 0.2) is 11.6 Å². The maximum absolute atomic E-state index is 15.0. The molecule has 0 spiro atoms. The van der Waals surface area contributed by atoms with Gasteiger partial charge in [-0.15, -0.1) is 0 Å². The van der Waals surface area contributed by atoms with E-state index in [1.165, 1.54) is 38.5 Å². The molecule has 2 nitrogen and oxygen atoms in total. The highest BCUT2D eigenvalue weighted by Gasteiger charge is 2.23. The lowest BCUT2D eigenvalue weighted by Crippen LogP contribution is -2.24. The van der Waals surface area contributed by atoms with E-state index in [2.05, 4.69) is 6.92 Å². The van der Waals surface area contributed by atoms with E-state index in [-0.39, 0.29) is 23.0 Å². The van der Waals surface area contributed by atoms with Gasteiger partial charge in [0, 0.05) is 17.0 Å². The third-order valence-corrected chi connectivity index (χ3v) is 6.74. The average molecular weight is 469 g/mol. The van der Waals surface area contributed by atoms with Gasteiger partial charge in [-0.2, -0.15) is 4.39 Å². The van der Waals surface area contributed by atoms with Gasteiger partial charge in [0.05, 0.1) is 19.8 Å². The van der Waals surface area contributed by atoms with Crippen LogP contribution in [0, 0.1) is 17.5 Å². The van der Waals surface area contributed by atoms with Gasteiger partial charge in [-0.25, -0.2) is 8.78 Å². The minimum atomic E-state index is -1.02. The van der Waals surface area contributed by atoms with Crippen molar-refractivity contribution >= 4 is 0 Å². The number of methoxy groups -OCH3 is 1. The van der Waals surface area contributed by atoms with Gasteiger partial charge in [-0.1, -0.05) is 62.6 Å². The normalized spacial score (nSPS) is 18.1. The van der Waals surface area contributed by atoms with Gasteiger partial charge < -0.3 is 9.47 Å². The minimum absolute atomic E-state index is 0.131. The summed E-state index contributed by atoms with van der Waals surface area (Å²) in [7, 11) is 1.29. The number of ether oxygens (including phenoxy) is 2. The number of unbranched alkanes of at least 4 members (excludes halogenated alkanes) is 2. The highest BCUT2D eigenvalue weighted by atomic mass is 19.2. The van der Waals surface area contributed by atoms with Crippen LogP contribution in [0.2, 0.25) is 0 Å². The number of halogens is 3. The Morgan fingerprint density at radius 1 is 0.853 bits per heavy atom. The molecule has 3 aromatic rings. The molecule has 3 aromatic carbocycles. The summed E-state index contributed by atoms with van der Waals surface area (Å²) < 4.78 is 54.4. The van der Waals surface area contributed by atoms with Crippen LogP contribution in [0.1, 0.15) is 56.9 Å². The second kappa shape index (κ2) is 11.1. The van der Waals surface area contributed by atoms with Gasteiger partial charge in [-0.05, 0) is 54.2 Å². The second-order valence-electron chi connectivity index (χ2n) is 8.99. The minimum Gasteiger partial charge on any atom is -0.494 e. The molecule has 1 fully saturated rings. The molecule has 0 bridgehead atoms. The third kappa shape index (κ3) is 5.30. The summed E-state index contributed by atoms with van der Waals surface area (Å²) in [5.74, 6) is -2.22. The number of hydrogen-bond acceptors (Lipinski definition) is 2. The van der Waals surface area contributed by atoms with Crippen molar-refractivity contribution in [3.63, 3.8) is 0 Å². The fourth-order valence-corrected chi connectivity index (χ4v) is 4.68. The molecule has 1 heterocycles.